The van der Waals surface area contributed by atoms with E-state index in [-0.39, 0.29) is 0 Å². The summed E-state index contributed by atoms with van der Waals surface area (Å²) in [4.78, 5) is 0. The Morgan fingerprint density at radius 1 is 0.618 bits per heavy atom. The van der Waals surface area contributed by atoms with Crippen molar-refractivity contribution < 1.29 is 4.74 Å². The molecule has 3 atom stereocenters. The molecule has 1 unspecified atom stereocenters. The monoisotopic (exact) mass is 481 g/mol. The Kier molecular flexibility index (Phi) is 6.47. The van der Waals surface area contributed by atoms with Gasteiger partial charge < -0.3 is 4.74 Å². The van der Waals surface area contributed by atoms with E-state index >= 15 is 0 Å². The molecule has 4 heteroatoms. The molecule has 2 aliphatic heterocycles. The van der Waals surface area contributed by atoms with Gasteiger partial charge in [-0.2, -0.15) is 0 Å². The molecule has 4 aromatic carbocycles. The molecule has 0 bridgehead atoms. The maximum Gasteiger partial charge on any atom is 0.128 e. The fourth-order valence-corrected chi connectivity index (χ4v) is 12.8. The van der Waals surface area contributed by atoms with Gasteiger partial charge in [-0.25, -0.2) is 4.44 Å². The highest BCUT2D eigenvalue weighted by Gasteiger charge is 2.45. The third-order valence-electron chi connectivity index (χ3n) is 6.86. The first-order chi connectivity index (χ1) is 16.9. The molecule has 2 aliphatic rings. The minimum absolute atomic E-state index is 0.465. The quantitative estimate of drug-likeness (QED) is 0.282. The zero-order valence-electron chi connectivity index (χ0n) is 19.2. The summed E-state index contributed by atoms with van der Waals surface area (Å²) in [5.74, 6) is 1.06. The first-order valence-corrected chi connectivity index (χ1v) is 14.9. The van der Waals surface area contributed by atoms with E-state index < -0.39 is 16.1 Å². The van der Waals surface area contributed by atoms with Gasteiger partial charge >= 0.3 is 0 Å². The van der Waals surface area contributed by atoms with Crippen molar-refractivity contribution in [2.24, 2.45) is 0 Å². The van der Waals surface area contributed by atoms with E-state index in [1.54, 1.807) is 0 Å². The van der Waals surface area contributed by atoms with Crippen LogP contribution in [0.5, 0.6) is 5.75 Å². The summed E-state index contributed by atoms with van der Waals surface area (Å²) in [6.45, 7) is 1.71. The summed E-state index contributed by atoms with van der Waals surface area (Å²) >= 11 is 0. The van der Waals surface area contributed by atoms with Crippen LogP contribution in [0.3, 0.4) is 0 Å². The summed E-state index contributed by atoms with van der Waals surface area (Å²) in [6.07, 6.45) is 2.48. The first-order valence-electron chi connectivity index (χ1n) is 12.1. The zero-order chi connectivity index (χ0) is 22.7. The van der Waals surface area contributed by atoms with Crippen LogP contribution < -0.4 is 15.3 Å². The van der Waals surface area contributed by atoms with Crippen molar-refractivity contribution in [2.75, 3.05) is 13.2 Å². The minimum Gasteiger partial charge on any atom is -0.492 e. The lowest BCUT2D eigenvalue weighted by Gasteiger charge is -2.41. The van der Waals surface area contributed by atoms with Crippen LogP contribution in [0.4, 0.5) is 0 Å². The Labute approximate surface area is 205 Å². The van der Waals surface area contributed by atoms with Crippen molar-refractivity contribution in [3.63, 3.8) is 0 Å². The van der Waals surface area contributed by atoms with E-state index in [1.807, 2.05) is 0 Å². The smallest absolute Gasteiger partial charge is 0.128 e. The molecular weight excluding hydrogens is 452 g/mol. The standard InChI is InChI=1S/C30H29NOP2/c1-4-12-24(13-5-1)28-20-21-29(25-14-6-2-7-15-25)34(28)31-22-23-32-27-18-10-11-19-30(27)33(31)26-16-8-3-9-17-26/h1-19,28-29H,20-23H2/t28-,29-,33?/m1/s1. The van der Waals surface area contributed by atoms with Crippen LogP contribution in [-0.2, 0) is 0 Å². The van der Waals surface area contributed by atoms with Crippen molar-refractivity contribution >= 4 is 26.8 Å². The summed E-state index contributed by atoms with van der Waals surface area (Å²) in [7, 11) is -1.15. The van der Waals surface area contributed by atoms with Gasteiger partial charge in [0.25, 0.3) is 0 Å². The predicted octanol–water partition coefficient (Wildman–Crippen LogP) is 7.40. The molecular formula is C30H29NOP2. The SMILES string of the molecule is c1ccc([C@H]2CC[C@H](c3ccccc3)P2N2CCOc3ccccc3P2c2ccccc2)cc1. The molecule has 0 amide bonds. The summed E-state index contributed by atoms with van der Waals surface area (Å²) in [5, 5.41) is 2.78. The van der Waals surface area contributed by atoms with Gasteiger partial charge in [-0.15, -0.1) is 0 Å². The van der Waals surface area contributed by atoms with E-state index in [1.165, 1.54) is 34.6 Å². The average Bonchev–Trinajstić information content (AvgIpc) is 3.26. The highest BCUT2D eigenvalue weighted by atomic mass is 31.2. The lowest BCUT2D eigenvalue weighted by atomic mass is 10.0. The van der Waals surface area contributed by atoms with Gasteiger partial charge in [0, 0.05) is 31.2 Å². The second-order valence-corrected chi connectivity index (χ2v) is 13.8. The van der Waals surface area contributed by atoms with Gasteiger partial charge in [-0.1, -0.05) is 103 Å². The van der Waals surface area contributed by atoms with Crippen LogP contribution >= 0.6 is 16.1 Å². The van der Waals surface area contributed by atoms with Crippen LogP contribution in [0.25, 0.3) is 0 Å². The summed E-state index contributed by atoms with van der Waals surface area (Å²) in [6, 6.07) is 42.4. The molecule has 2 nitrogen and oxygen atoms in total. The average molecular weight is 482 g/mol. The molecule has 0 N–H and O–H groups in total. The van der Waals surface area contributed by atoms with Gasteiger partial charge in [0.15, 0.2) is 0 Å². The maximum absolute atomic E-state index is 6.36. The molecule has 0 radical (unpaired) electrons. The maximum atomic E-state index is 6.36. The molecule has 1 saturated heterocycles. The first kappa shape index (κ1) is 22.0. The molecule has 4 aromatic rings. The van der Waals surface area contributed by atoms with Crippen LogP contribution in [0.2, 0.25) is 0 Å². The molecule has 0 aromatic heterocycles. The number of para-hydroxylation sites is 1. The van der Waals surface area contributed by atoms with Crippen molar-refractivity contribution in [3.8, 4) is 5.75 Å². The van der Waals surface area contributed by atoms with E-state index in [0.29, 0.717) is 11.3 Å². The lowest BCUT2D eigenvalue weighted by molar-refractivity contribution is 0.314. The highest BCUT2D eigenvalue weighted by molar-refractivity contribution is 7.79. The Morgan fingerprint density at radius 2 is 1.15 bits per heavy atom. The van der Waals surface area contributed by atoms with Crippen LogP contribution in [0, 0.1) is 0 Å². The molecule has 170 valence electrons. The third-order valence-corrected chi connectivity index (χ3v) is 13.4. The predicted molar refractivity (Wildman–Crippen MR) is 146 cm³/mol. The van der Waals surface area contributed by atoms with Crippen LogP contribution in [0.15, 0.2) is 115 Å². The van der Waals surface area contributed by atoms with Crippen molar-refractivity contribution in [2.45, 2.75) is 24.2 Å². The van der Waals surface area contributed by atoms with E-state index in [4.69, 9.17) is 4.74 Å². The number of ether oxygens (including phenoxy) is 1. The number of rotatable bonds is 4. The highest BCUT2D eigenvalue weighted by Crippen LogP contribution is 2.76. The fourth-order valence-electron chi connectivity index (χ4n) is 5.38. The van der Waals surface area contributed by atoms with E-state index in [2.05, 4.69) is 120 Å². The van der Waals surface area contributed by atoms with Gasteiger partial charge in [-0.3, -0.25) is 0 Å². The molecule has 0 saturated carbocycles. The fraction of sp³-hybridized carbons (Fsp3) is 0.200. The van der Waals surface area contributed by atoms with E-state index in [9.17, 15) is 0 Å². The molecule has 2 heterocycles. The normalized spacial score (nSPS) is 23.1. The van der Waals surface area contributed by atoms with Gasteiger partial charge in [0.1, 0.15) is 12.4 Å². The second kappa shape index (κ2) is 10.0. The molecule has 34 heavy (non-hydrogen) atoms. The number of fused-ring (bicyclic) bond motifs is 1. The van der Waals surface area contributed by atoms with Gasteiger partial charge in [0.2, 0.25) is 0 Å². The molecule has 0 aliphatic carbocycles. The van der Waals surface area contributed by atoms with Crippen molar-refractivity contribution in [1.82, 2.24) is 4.44 Å². The van der Waals surface area contributed by atoms with Crippen LogP contribution in [-0.4, -0.2) is 17.6 Å². The van der Waals surface area contributed by atoms with E-state index in [0.717, 1.165) is 18.9 Å². The topological polar surface area (TPSA) is 12.5 Å². The number of hydrogen-bond acceptors (Lipinski definition) is 2. The zero-order valence-corrected chi connectivity index (χ0v) is 21.0. The molecule has 0 spiro atoms. The minimum atomic E-state index is -0.681. The number of benzene rings is 4. The van der Waals surface area contributed by atoms with Crippen molar-refractivity contribution in [3.05, 3.63) is 126 Å². The third kappa shape index (κ3) is 4.20. The Morgan fingerprint density at radius 3 is 1.76 bits per heavy atom. The van der Waals surface area contributed by atoms with Gasteiger partial charge in [-0.05, 0) is 49.5 Å². The van der Waals surface area contributed by atoms with Crippen molar-refractivity contribution in [1.29, 1.82) is 0 Å². The number of nitrogens with zero attached hydrogens (tertiary/aromatic N) is 1. The Balaban J connectivity index is 1.51. The largest absolute Gasteiger partial charge is 0.492 e. The second-order valence-electron chi connectivity index (χ2n) is 8.87. The number of hydrogen-bond donors (Lipinski definition) is 0. The molecule has 6 rings (SSSR count). The Bertz CT molecular complexity index is 1170. The Hall–Kier alpha value is -2.50. The molecule has 1 fully saturated rings. The van der Waals surface area contributed by atoms with Gasteiger partial charge in [0.05, 0.1) is 0 Å². The lowest BCUT2D eigenvalue weighted by Crippen LogP contribution is -2.27. The summed E-state index contributed by atoms with van der Waals surface area (Å²) in [5.41, 5.74) is 4.13. The van der Waals surface area contributed by atoms with Crippen LogP contribution in [0.1, 0.15) is 35.3 Å². The summed E-state index contributed by atoms with van der Waals surface area (Å²) < 4.78 is 9.25.